The minimum Gasteiger partial charge on any atom is -0.388 e. The molecular weight excluding hydrogens is 466 g/mol. The number of benzene rings is 2. The number of ketones is 2. The zero-order chi connectivity index (χ0) is 25.9. The quantitative estimate of drug-likeness (QED) is 0.338. The number of Topliss-reactive ketones (excluding diaryl/α,β-unsaturated/α-hetero) is 2. The molecule has 37 heavy (non-hydrogen) atoms. The van der Waals surface area contributed by atoms with Crippen LogP contribution < -0.4 is 0 Å². The molecule has 7 nitrogen and oxygen atoms in total. The highest BCUT2D eigenvalue weighted by molar-refractivity contribution is 6.10. The molecule has 0 aliphatic carbocycles. The van der Waals surface area contributed by atoms with Gasteiger partial charge in [0.05, 0.1) is 0 Å². The lowest BCUT2D eigenvalue weighted by atomic mass is 10.0. The molecule has 0 radical (unpaired) electrons. The highest BCUT2D eigenvalue weighted by atomic mass is 16.3. The molecular formula is C30H33N3O4. The summed E-state index contributed by atoms with van der Waals surface area (Å²) in [6, 6.07) is 15.3. The monoisotopic (exact) mass is 499 g/mol. The molecule has 2 aromatic carbocycles. The van der Waals surface area contributed by atoms with E-state index < -0.39 is 30.1 Å². The van der Waals surface area contributed by atoms with E-state index in [1.165, 1.54) is 12.6 Å². The van der Waals surface area contributed by atoms with Gasteiger partial charge >= 0.3 is 0 Å². The Morgan fingerprint density at radius 2 is 1.46 bits per heavy atom. The summed E-state index contributed by atoms with van der Waals surface area (Å²) in [5, 5.41) is 9.18. The molecule has 1 heterocycles. The van der Waals surface area contributed by atoms with E-state index >= 15 is 0 Å². The van der Waals surface area contributed by atoms with Crippen molar-refractivity contribution in [2.75, 3.05) is 13.7 Å². The van der Waals surface area contributed by atoms with Gasteiger partial charge in [-0.3, -0.25) is 14.4 Å². The number of aromatic nitrogens is 2. The molecule has 1 unspecified atom stereocenters. The Morgan fingerprint density at radius 3 is 2.00 bits per heavy atom. The minimum atomic E-state index is -1.29. The third kappa shape index (κ3) is 8.19. The van der Waals surface area contributed by atoms with Gasteiger partial charge in [0, 0.05) is 49.0 Å². The van der Waals surface area contributed by atoms with Gasteiger partial charge in [0.1, 0.15) is 12.4 Å². The van der Waals surface area contributed by atoms with E-state index in [4.69, 9.17) is 0 Å². The van der Waals surface area contributed by atoms with E-state index in [9.17, 15) is 19.5 Å². The minimum absolute atomic E-state index is 0. The highest BCUT2D eigenvalue weighted by Crippen LogP contribution is 2.12. The fourth-order valence-corrected chi connectivity index (χ4v) is 3.72. The lowest BCUT2D eigenvalue weighted by Gasteiger charge is -2.25. The number of carbonyl (C=O) groups is 3. The number of hydrogen-bond acceptors (Lipinski definition) is 6. The van der Waals surface area contributed by atoms with Crippen LogP contribution in [0.1, 0.15) is 60.1 Å². The molecule has 7 heteroatoms. The summed E-state index contributed by atoms with van der Waals surface area (Å²) >= 11 is 0. The van der Waals surface area contributed by atoms with Crippen molar-refractivity contribution in [1.29, 1.82) is 0 Å². The maximum absolute atomic E-state index is 12.8. The SMILES string of the molecule is C.CCC(=O)C(C(=O)CO)N(C)C(=O)c1ccc(C#Cc2ccc(CCCc3ncccn3)cc2)cc1. The second-order valence-corrected chi connectivity index (χ2v) is 8.31. The Bertz CT molecular complexity index is 1230. The Morgan fingerprint density at radius 1 is 0.892 bits per heavy atom. The van der Waals surface area contributed by atoms with E-state index in [0.717, 1.165) is 41.1 Å². The molecule has 0 spiro atoms. The van der Waals surface area contributed by atoms with Gasteiger partial charge < -0.3 is 10.0 Å². The molecule has 0 fully saturated rings. The molecule has 3 rings (SSSR count). The van der Waals surface area contributed by atoms with Gasteiger partial charge in [-0.25, -0.2) is 9.97 Å². The molecule has 0 aliphatic heterocycles. The number of aryl methyl sites for hydroxylation is 2. The van der Waals surface area contributed by atoms with Crippen LogP contribution in [0.25, 0.3) is 0 Å². The number of nitrogens with zero attached hydrogens (tertiary/aromatic N) is 3. The predicted octanol–water partition coefficient (Wildman–Crippen LogP) is 3.67. The number of aliphatic hydroxyl groups is 1. The van der Waals surface area contributed by atoms with Gasteiger partial charge in [0.15, 0.2) is 17.6 Å². The van der Waals surface area contributed by atoms with Crippen LogP contribution in [0.4, 0.5) is 0 Å². The van der Waals surface area contributed by atoms with Crippen LogP contribution in [0.2, 0.25) is 0 Å². The zero-order valence-corrected chi connectivity index (χ0v) is 20.5. The number of amides is 1. The number of aliphatic hydroxyl groups excluding tert-OH is 1. The van der Waals surface area contributed by atoms with Crippen LogP contribution in [-0.4, -0.2) is 57.1 Å². The smallest absolute Gasteiger partial charge is 0.254 e. The lowest BCUT2D eigenvalue weighted by Crippen LogP contribution is -2.48. The largest absolute Gasteiger partial charge is 0.388 e. The van der Waals surface area contributed by atoms with Crippen molar-refractivity contribution in [3.8, 4) is 11.8 Å². The standard InChI is InChI=1S/C29H29N3O4.CH4/c1-3-25(34)28(26(35)20-33)32(2)29(36)24-16-14-23(15-17-24)13-12-22-10-8-21(9-11-22)6-4-7-27-30-18-5-19-31-27;/h5,8-11,14-19,28,33H,3-4,6-7,20H2,1-2H3;1H4. The van der Waals surface area contributed by atoms with Crippen molar-refractivity contribution < 1.29 is 19.5 Å². The summed E-state index contributed by atoms with van der Waals surface area (Å²) in [6.07, 6.45) is 6.34. The number of hydrogen-bond donors (Lipinski definition) is 1. The van der Waals surface area contributed by atoms with Crippen LogP contribution in [0.5, 0.6) is 0 Å². The Kier molecular flexibility index (Phi) is 11.3. The molecule has 1 N–H and O–H groups in total. The van der Waals surface area contributed by atoms with E-state index in [2.05, 4.69) is 33.9 Å². The summed E-state index contributed by atoms with van der Waals surface area (Å²) in [5.74, 6) is 5.48. The Labute approximate surface area is 218 Å². The summed E-state index contributed by atoms with van der Waals surface area (Å²) in [7, 11) is 1.39. The molecule has 0 bridgehead atoms. The van der Waals surface area contributed by atoms with Gasteiger partial charge in [-0.1, -0.05) is 38.3 Å². The van der Waals surface area contributed by atoms with Crippen LogP contribution in [0.15, 0.2) is 67.0 Å². The Hall–Kier alpha value is -4.15. The van der Waals surface area contributed by atoms with Crippen molar-refractivity contribution in [1.82, 2.24) is 14.9 Å². The first-order chi connectivity index (χ1) is 17.4. The molecule has 0 saturated heterocycles. The first-order valence-corrected chi connectivity index (χ1v) is 11.8. The van der Waals surface area contributed by atoms with Crippen molar-refractivity contribution in [2.45, 2.75) is 46.1 Å². The Balaban J connectivity index is 0.00000481. The van der Waals surface area contributed by atoms with Crippen molar-refractivity contribution in [2.24, 2.45) is 0 Å². The summed E-state index contributed by atoms with van der Waals surface area (Å²) < 4.78 is 0. The second-order valence-electron chi connectivity index (χ2n) is 8.31. The zero-order valence-electron chi connectivity index (χ0n) is 20.5. The third-order valence-corrected chi connectivity index (χ3v) is 5.74. The van der Waals surface area contributed by atoms with Gasteiger partial charge in [0.25, 0.3) is 5.91 Å². The van der Waals surface area contributed by atoms with Crippen LogP contribution in [0.3, 0.4) is 0 Å². The van der Waals surface area contributed by atoms with Gasteiger partial charge in [-0.05, 0) is 60.9 Å². The first-order valence-electron chi connectivity index (χ1n) is 11.8. The predicted molar refractivity (Wildman–Crippen MR) is 143 cm³/mol. The maximum Gasteiger partial charge on any atom is 0.254 e. The van der Waals surface area contributed by atoms with Gasteiger partial charge in [-0.15, -0.1) is 0 Å². The van der Waals surface area contributed by atoms with Crippen molar-refractivity contribution in [3.63, 3.8) is 0 Å². The van der Waals surface area contributed by atoms with Gasteiger partial charge in [0.2, 0.25) is 0 Å². The molecule has 1 atom stereocenters. The van der Waals surface area contributed by atoms with Crippen LogP contribution >= 0.6 is 0 Å². The number of carbonyl (C=O) groups excluding carboxylic acids is 3. The van der Waals surface area contributed by atoms with Crippen molar-refractivity contribution in [3.05, 3.63) is 95.1 Å². The number of likely N-dealkylation sites (N-methyl/N-ethyl adjacent to an activating group) is 1. The average Bonchev–Trinajstić information content (AvgIpc) is 2.92. The van der Waals surface area contributed by atoms with Crippen LogP contribution in [0, 0.1) is 11.8 Å². The lowest BCUT2D eigenvalue weighted by molar-refractivity contribution is -0.134. The normalized spacial score (nSPS) is 10.9. The van der Waals surface area contributed by atoms with E-state index in [0.29, 0.717) is 5.56 Å². The molecule has 0 saturated carbocycles. The summed E-state index contributed by atoms with van der Waals surface area (Å²) in [6.45, 7) is 0.812. The molecule has 1 amide bonds. The fourth-order valence-electron chi connectivity index (χ4n) is 3.72. The van der Waals surface area contributed by atoms with E-state index in [1.807, 2.05) is 18.2 Å². The first kappa shape index (κ1) is 29.1. The third-order valence-electron chi connectivity index (χ3n) is 5.74. The average molecular weight is 500 g/mol. The second kappa shape index (κ2) is 14.4. The fraction of sp³-hybridized carbons (Fsp3) is 0.300. The summed E-state index contributed by atoms with van der Waals surface area (Å²) in [5.41, 5.74) is 3.16. The molecule has 0 aliphatic rings. The van der Waals surface area contributed by atoms with E-state index in [-0.39, 0.29) is 13.8 Å². The summed E-state index contributed by atoms with van der Waals surface area (Å²) in [4.78, 5) is 46.5. The van der Waals surface area contributed by atoms with Crippen LogP contribution in [-0.2, 0) is 22.4 Å². The number of rotatable bonds is 10. The van der Waals surface area contributed by atoms with Gasteiger partial charge in [-0.2, -0.15) is 0 Å². The molecule has 3 aromatic rings. The molecule has 192 valence electrons. The highest BCUT2D eigenvalue weighted by Gasteiger charge is 2.32. The topological polar surface area (TPSA) is 100 Å². The van der Waals surface area contributed by atoms with E-state index in [1.54, 1.807) is 43.6 Å². The maximum atomic E-state index is 12.8. The van der Waals surface area contributed by atoms with Crippen molar-refractivity contribution >= 4 is 17.5 Å². The molecule has 1 aromatic heterocycles.